The van der Waals surface area contributed by atoms with Crippen LogP contribution in [-0.2, 0) is 21.9 Å². The number of pyridine rings is 1. The summed E-state index contributed by atoms with van der Waals surface area (Å²) in [4.78, 5) is 22.8. The van der Waals surface area contributed by atoms with Crippen LogP contribution in [0, 0.1) is 5.92 Å². The second-order valence-corrected chi connectivity index (χ2v) is 10.1. The lowest BCUT2D eigenvalue weighted by molar-refractivity contribution is 0.153. The first-order chi connectivity index (χ1) is 13.3. The molecule has 1 aromatic heterocycles. The van der Waals surface area contributed by atoms with E-state index in [2.05, 4.69) is 23.6 Å². The van der Waals surface area contributed by atoms with Crippen molar-refractivity contribution in [3.63, 3.8) is 0 Å². The lowest BCUT2D eigenvalue weighted by atomic mass is 9.83. The number of unbranched alkanes of at least 4 members (excludes halogenated alkanes) is 3. The number of nitrogens with two attached hydrogens (primary N) is 1. The van der Waals surface area contributed by atoms with Crippen LogP contribution < -0.4 is 5.73 Å². The predicted octanol–water partition coefficient (Wildman–Crippen LogP) is 4.23. The third kappa shape index (κ3) is 6.11. The van der Waals surface area contributed by atoms with E-state index in [1.54, 1.807) is 0 Å². The Labute approximate surface area is 168 Å². The van der Waals surface area contributed by atoms with Crippen LogP contribution in [0.2, 0.25) is 0 Å². The van der Waals surface area contributed by atoms with Crippen molar-refractivity contribution in [2.75, 3.05) is 6.61 Å². The highest BCUT2D eigenvalue weighted by atomic mass is 31.2. The number of aryl methyl sites for hydroxylation is 1. The fraction of sp³-hybridized carbons (Fsp3) is 0.762. The average molecular weight is 410 g/mol. The van der Waals surface area contributed by atoms with Crippen molar-refractivity contribution < 1.29 is 18.9 Å². The van der Waals surface area contributed by atoms with Gasteiger partial charge in [-0.1, -0.05) is 45.1 Å². The molecule has 0 aliphatic heterocycles. The number of nitrogens with zero attached hydrogens (tertiary/aromatic N) is 1. The molecule has 1 fully saturated rings. The zero-order valence-corrected chi connectivity index (χ0v) is 17.9. The fourth-order valence-corrected chi connectivity index (χ4v) is 5.21. The van der Waals surface area contributed by atoms with E-state index < -0.39 is 13.4 Å². The molecule has 0 spiro atoms. The van der Waals surface area contributed by atoms with E-state index in [0.717, 1.165) is 30.9 Å². The molecular weight excluding hydrogens is 375 g/mol. The van der Waals surface area contributed by atoms with Crippen LogP contribution >= 0.6 is 7.82 Å². The van der Waals surface area contributed by atoms with Crippen molar-refractivity contribution in [2.45, 2.75) is 89.0 Å². The highest BCUT2D eigenvalue weighted by Gasteiger charge is 2.39. The smallest absolute Gasteiger partial charge is 0.323 e. The van der Waals surface area contributed by atoms with Gasteiger partial charge in [-0.25, -0.2) is 4.57 Å². The number of phosphoric ester groups is 1. The van der Waals surface area contributed by atoms with Crippen molar-refractivity contribution in [3.8, 4) is 0 Å². The highest BCUT2D eigenvalue weighted by Crippen LogP contribution is 2.43. The van der Waals surface area contributed by atoms with Gasteiger partial charge in [0.2, 0.25) is 0 Å². The number of rotatable bonds is 9. The molecule has 1 heterocycles. The SMILES string of the molecule is CCCCCCC1CCc2nc(C3CCC(N)(COP(=O)(O)O)C3)ccc2C1. The number of hydrogen-bond acceptors (Lipinski definition) is 4. The average Bonchev–Trinajstić information content (AvgIpc) is 3.05. The van der Waals surface area contributed by atoms with Crippen LogP contribution in [0.25, 0.3) is 0 Å². The Morgan fingerprint density at radius 1 is 1.29 bits per heavy atom. The summed E-state index contributed by atoms with van der Waals surface area (Å²) in [5.74, 6) is 1.03. The van der Waals surface area contributed by atoms with Gasteiger partial charge >= 0.3 is 7.82 Å². The van der Waals surface area contributed by atoms with Crippen molar-refractivity contribution in [2.24, 2.45) is 11.7 Å². The van der Waals surface area contributed by atoms with E-state index in [1.807, 2.05) is 0 Å². The zero-order chi connectivity index (χ0) is 20.2. The van der Waals surface area contributed by atoms with E-state index in [1.165, 1.54) is 49.8 Å². The maximum atomic E-state index is 11.0. The Balaban J connectivity index is 1.56. The van der Waals surface area contributed by atoms with Gasteiger partial charge in [0.05, 0.1) is 6.61 Å². The maximum absolute atomic E-state index is 11.0. The normalized spacial score (nSPS) is 27.7. The lowest BCUT2D eigenvalue weighted by Gasteiger charge is -2.26. The Morgan fingerprint density at radius 2 is 2.11 bits per heavy atom. The van der Waals surface area contributed by atoms with Gasteiger partial charge in [-0.05, 0) is 56.1 Å². The van der Waals surface area contributed by atoms with Gasteiger partial charge in [-0.2, -0.15) is 0 Å². The van der Waals surface area contributed by atoms with Crippen LogP contribution in [0.15, 0.2) is 12.1 Å². The molecule has 0 radical (unpaired) electrons. The van der Waals surface area contributed by atoms with E-state index in [4.69, 9.17) is 20.5 Å². The van der Waals surface area contributed by atoms with Crippen LogP contribution in [0.3, 0.4) is 0 Å². The van der Waals surface area contributed by atoms with Gasteiger partial charge in [0, 0.05) is 22.8 Å². The lowest BCUT2D eigenvalue weighted by Crippen LogP contribution is -2.41. The predicted molar refractivity (Wildman–Crippen MR) is 110 cm³/mol. The van der Waals surface area contributed by atoms with Gasteiger partial charge in [0.1, 0.15) is 0 Å². The summed E-state index contributed by atoms with van der Waals surface area (Å²) in [7, 11) is -4.48. The first-order valence-corrected chi connectivity index (χ1v) is 12.3. The quantitative estimate of drug-likeness (QED) is 0.416. The molecule has 28 heavy (non-hydrogen) atoms. The summed E-state index contributed by atoms with van der Waals surface area (Å²) in [6.07, 6.45) is 12.3. The van der Waals surface area contributed by atoms with Crippen LogP contribution in [0.4, 0.5) is 0 Å². The molecule has 7 heteroatoms. The molecule has 0 saturated heterocycles. The molecule has 3 rings (SSSR count). The molecule has 158 valence electrons. The molecule has 6 nitrogen and oxygen atoms in total. The minimum atomic E-state index is -4.48. The molecule has 3 unspecified atom stereocenters. The van der Waals surface area contributed by atoms with E-state index in [9.17, 15) is 4.57 Å². The Bertz CT molecular complexity index is 708. The standard InChI is InChI=1S/C21H35N2O4P/c1-2-3-4-5-6-16-7-9-19-17(13-16)8-10-20(23-19)18-11-12-21(22,14-18)15-27-28(24,25)26/h8,10,16,18H,2-7,9,11-15,22H2,1H3,(H2,24,25,26). The van der Waals surface area contributed by atoms with Crippen molar-refractivity contribution >= 4 is 7.82 Å². The molecule has 1 aromatic rings. The van der Waals surface area contributed by atoms with Gasteiger partial charge in [0.15, 0.2) is 0 Å². The fourth-order valence-electron chi connectivity index (χ4n) is 4.79. The van der Waals surface area contributed by atoms with Crippen molar-refractivity contribution in [3.05, 3.63) is 29.1 Å². The van der Waals surface area contributed by atoms with E-state index in [-0.39, 0.29) is 12.5 Å². The molecule has 0 amide bonds. The molecule has 0 aromatic carbocycles. The summed E-state index contributed by atoms with van der Waals surface area (Å²) in [5.41, 5.74) is 9.35. The summed E-state index contributed by atoms with van der Waals surface area (Å²) in [6, 6.07) is 4.39. The van der Waals surface area contributed by atoms with Crippen LogP contribution in [0.5, 0.6) is 0 Å². The molecule has 4 N–H and O–H groups in total. The zero-order valence-electron chi connectivity index (χ0n) is 17.0. The minimum absolute atomic E-state index is 0.113. The first-order valence-electron chi connectivity index (χ1n) is 10.8. The Morgan fingerprint density at radius 3 is 2.86 bits per heavy atom. The number of aromatic nitrogens is 1. The number of hydrogen-bond donors (Lipinski definition) is 3. The van der Waals surface area contributed by atoms with E-state index in [0.29, 0.717) is 12.8 Å². The summed E-state index contributed by atoms with van der Waals surface area (Å²) >= 11 is 0. The van der Waals surface area contributed by atoms with Crippen molar-refractivity contribution in [1.82, 2.24) is 4.98 Å². The molecular formula is C21H35N2O4P. The topological polar surface area (TPSA) is 106 Å². The Kier molecular flexibility index (Phi) is 7.32. The molecule has 2 aliphatic carbocycles. The monoisotopic (exact) mass is 410 g/mol. The van der Waals surface area contributed by atoms with Gasteiger partial charge in [-0.3, -0.25) is 9.51 Å². The molecule has 3 atom stereocenters. The maximum Gasteiger partial charge on any atom is 0.469 e. The van der Waals surface area contributed by atoms with Gasteiger partial charge in [0.25, 0.3) is 0 Å². The number of fused-ring (bicyclic) bond motifs is 1. The van der Waals surface area contributed by atoms with Gasteiger partial charge < -0.3 is 15.5 Å². The molecule has 0 bridgehead atoms. The Hall–Kier alpha value is -0.780. The van der Waals surface area contributed by atoms with Crippen LogP contribution in [-0.4, -0.2) is 26.9 Å². The first kappa shape index (κ1) is 21.9. The van der Waals surface area contributed by atoms with E-state index >= 15 is 0 Å². The molecule has 1 saturated carbocycles. The second-order valence-electron chi connectivity index (χ2n) is 8.87. The molecule has 2 aliphatic rings. The van der Waals surface area contributed by atoms with Crippen molar-refractivity contribution in [1.29, 1.82) is 0 Å². The largest absolute Gasteiger partial charge is 0.469 e. The summed E-state index contributed by atoms with van der Waals surface area (Å²) in [5, 5.41) is 0. The van der Waals surface area contributed by atoms with Gasteiger partial charge in [-0.15, -0.1) is 0 Å². The number of phosphoric acid groups is 1. The summed E-state index contributed by atoms with van der Waals surface area (Å²) < 4.78 is 15.6. The highest BCUT2D eigenvalue weighted by molar-refractivity contribution is 7.46. The van der Waals surface area contributed by atoms with Crippen LogP contribution in [0.1, 0.15) is 87.6 Å². The second kappa shape index (κ2) is 9.36. The third-order valence-electron chi connectivity index (χ3n) is 6.44. The summed E-state index contributed by atoms with van der Waals surface area (Å²) in [6.45, 7) is 2.14. The minimum Gasteiger partial charge on any atom is -0.323 e. The third-order valence-corrected chi connectivity index (χ3v) is 6.90.